The summed E-state index contributed by atoms with van der Waals surface area (Å²) in [4.78, 5) is 0.365. The normalized spacial score (nSPS) is 18.2. The summed E-state index contributed by atoms with van der Waals surface area (Å²) in [5.41, 5.74) is 0. The smallest absolute Gasteiger partial charge is 0.225 e. The van der Waals surface area contributed by atoms with E-state index < -0.39 is 10.0 Å². The van der Waals surface area contributed by atoms with Gasteiger partial charge in [0, 0.05) is 17.9 Å². The van der Waals surface area contributed by atoms with E-state index in [2.05, 4.69) is 0 Å². The molecule has 2 rings (SSSR count). The van der Waals surface area contributed by atoms with Gasteiger partial charge in [0.25, 0.3) is 0 Å². The Morgan fingerprint density at radius 2 is 1.60 bits per heavy atom. The van der Waals surface area contributed by atoms with Gasteiger partial charge in [0.05, 0.1) is 13.1 Å². The van der Waals surface area contributed by atoms with Gasteiger partial charge in [0.15, 0.2) is 0 Å². The van der Waals surface area contributed by atoms with Crippen molar-refractivity contribution in [2.45, 2.75) is 17.7 Å². The molecule has 0 saturated carbocycles. The SMILES string of the molecule is O=S(=O)(c1ccc(Cl)cc1)[NH+]1CCCC1. The first kappa shape index (κ1) is 10.9. The van der Waals surface area contributed by atoms with Crippen LogP contribution in [-0.2, 0) is 10.0 Å². The zero-order valence-corrected chi connectivity index (χ0v) is 9.81. The summed E-state index contributed by atoms with van der Waals surface area (Å²) in [5, 5.41) is 0.561. The molecule has 3 nitrogen and oxygen atoms in total. The lowest BCUT2D eigenvalue weighted by molar-refractivity contribution is -0.751. The monoisotopic (exact) mass is 246 g/mol. The fourth-order valence-corrected chi connectivity index (χ4v) is 3.60. The lowest BCUT2D eigenvalue weighted by Gasteiger charge is -2.11. The molecule has 1 aromatic carbocycles. The van der Waals surface area contributed by atoms with Crippen LogP contribution in [0.4, 0.5) is 0 Å². The number of benzene rings is 1. The van der Waals surface area contributed by atoms with E-state index in [0.717, 1.165) is 12.8 Å². The second-order valence-electron chi connectivity index (χ2n) is 3.70. The van der Waals surface area contributed by atoms with Gasteiger partial charge < -0.3 is 0 Å². The maximum Gasteiger partial charge on any atom is 0.325 e. The van der Waals surface area contributed by atoms with Crippen LogP contribution in [0.3, 0.4) is 0 Å². The molecule has 0 bridgehead atoms. The molecule has 0 amide bonds. The van der Waals surface area contributed by atoms with Crippen LogP contribution in [0.25, 0.3) is 0 Å². The third-order valence-corrected chi connectivity index (χ3v) is 4.98. The number of sulfonamides is 1. The van der Waals surface area contributed by atoms with Gasteiger partial charge in [-0.15, -0.1) is 0 Å². The Kier molecular flexibility index (Phi) is 3.00. The summed E-state index contributed by atoms with van der Waals surface area (Å²) >= 11 is 5.72. The summed E-state index contributed by atoms with van der Waals surface area (Å²) in [6.45, 7) is 1.43. The molecule has 1 aliphatic rings. The van der Waals surface area contributed by atoms with E-state index in [1.54, 1.807) is 24.3 Å². The van der Waals surface area contributed by atoms with Crippen LogP contribution in [0.1, 0.15) is 12.8 Å². The molecule has 0 aromatic heterocycles. The van der Waals surface area contributed by atoms with Gasteiger partial charge in [-0.05, 0) is 24.3 Å². The third kappa shape index (κ3) is 2.17. The summed E-state index contributed by atoms with van der Waals surface area (Å²) in [5.74, 6) is 0. The highest BCUT2D eigenvalue weighted by Gasteiger charge is 2.30. The van der Waals surface area contributed by atoms with Crippen molar-refractivity contribution < 1.29 is 12.7 Å². The van der Waals surface area contributed by atoms with Gasteiger partial charge >= 0.3 is 10.0 Å². The van der Waals surface area contributed by atoms with Crippen molar-refractivity contribution in [3.05, 3.63) is 29.3 Å². The summed E-state index contributed by atoms with van der Waals surface area (Å²) in [6.07, 6.45) is 1.98. The van der Waals surface area contributed by atoms with E-state index in [1.165, 1.54) is 0 Å². The highest BCUT2D eigenvalue weighted by molar-refractivity contribution is 7.85. The van der Waals surface area contributed by atoms with E-state index in [4.69, 9.17) is 11.6 Å². The fraction of sp³-hybridized carbons (Fsp3) is 0.400. The van der Waals surface area contributed by atoms with E-state index in [0.29, 0.717) is 27.3 Å². The zero-order chi connectivity index (χ0) is 10.9. The predicted octanol–water partition coefficient (Wildman–Crippen LogP) is 0.707. The minimum Gasteiger partial charge on any atom is -0.225 e. The van der Waals surface area contributed by atoms with Crippen molar-refractivity contribution in [2.24, 2.45) is 0 Å². The van der Waals surface area contributed by atoms with E-state index in [9.17, 15) is 8.42 Å². The Morgan fingerprint density at radius 3 is 2.13 bits per heavy atom. The lowest BCUT2D eigenvalue weighted by Crippen LogP contribution is -3.11. The van der Waals surface area contributed by atoms with Crippen LogP contribution >= 0.6 is 11.6 Å². The Labute approximate surface area is 94.7 Å². The van der Waals surface area contributed by atoms with Crippen molar-refractivity contribution in [1.29, 1.82) is 0 Å². The van der Waals surface area contributed by atoms with E-state index in [1.807, 2.05) is 0 Å². The van der Waals surface area contributed by atoms with Crippen LogP contribution < -0.4 is 4.31 Å². The molecule has 1 fully saturated rings. The molecule has 1 aromatic rings. The predicted molar refractivity (Wildman–Crippen MR) is 58.6 cm³/mol. The quantitative estimate of drug-likeness (QED) is 0.835. The Bertz CT molecular complexity index is 435. The molecule has 0 spiro atoms. The number of halogens is 1. The van der Waals surface area contributed by atoms with Crippen LogP contribution in [0.15, 0.2) is 29.2 Å². The number of nitrogens with one attached hydrogen (secondary N) is 1. The molecule has 1 N–H and O–H groups in total. The van der Waals surface area contributed by atoms with Crippen LogP contribution in [0, 0.1) is 0 Å². The second kappa shape index (κ2) is 4.12. The molecule has 1 saturated heterocycles. The third-order valence-electron chi connectivity index (χ3n) is 2.67. The van der Waals surface area contributed by atoms with Crippen molar-refractivity contribution in [3.8, 4) is 0 Å². The summed E-state index contributed by atoms with van der Waals surface area (Å²) in [6, 6.07) is 6.37. The van der Waals surface area contributed by atoms with Crippen LogP contribution in [0.2, 0.25) is 5.02 Å². The Hall–Kier alpha value is -0.580. The van der Waals surface area contributed by atoms with Crippen LogP contribution in [-0.4, -0.2) is 21.5 Å². The van der Waals surface area contributed by atoms with Gasteiger partial charge in [-0.25, -0.2) is 4.31 Å². The first-order valence-electron chi connectivity index (χ1n) is 4.96. The van der Waals surface area contributed by atoms with Gasteiger partial charge in [-0.3, -0.25) is 0 Å². The van der Waals surface area contributed by atoms with Crippen molar-refractivity contribution in [3.63, 3.8) is 0 Å². The molecule has 0 radical (unpaired) electrons. The Balaban J connectivity index is 2.32. The largest absolute Gasteiger partial charge is 0.325 e. The summed E-state index contributed by atoms with van der Waals surface area (Å²) < 4.78 is 24.8. The molecule has 5 heteroatoms. The topological polar surface area (TPSA) is 38.6 Å². The van der Waals surface area contributed by atoms with Crippen molar-refractivity contribution in [1.82, 2.24) is 0 Å². The second-order valence-corrected chi connectivity index (χ2v) is 6.20. The molecular formula is C10H13ClNO2S+. The molecule has 1 heterocycles. The van der Waals surface area contributed by atoms with Crippen LogP contribution in [0.5, 0.6) is 0 Å². The minimum absolute atomic E-state index is 0.365. The van der Waals surface area contributed by atoms with E-state index >= 15 is 0 Å². The lowest BCUT2D eigenvalue weighted by atomic mass is 10.4. The fourth-order valence-electron chi connectivity index (χ4n) is 1.82. The van der Waals surface area contributed by atoms with E-state index in [-0.39, 0.29) is 0 Å². The van der Waals surface area contributed by atoms with Crippen molar-refractivity contribution in [2.75, 3.05) is 13.1 Å². The molecule has 0 atom stereocenters. The average Bonchev–Trinajstić information content (AvgIpc) is 2.71. The van der Waals surface area contributed by atoms with Gasteiger partial charge in [-0.2, -0.15) is 8.42 Å². The number of quaternary nitrogens is 1. The first-order chi connectivity index (χ1) is 7.10. The highest BCUT2D eigenvalue weighted by Crippen LogP contribution is 2.12. The van der Waals surface area contributed by atoms with Gasteiger partial charge in [-0.1, -0.05) is 11.6 Å². The molecular weight excluding hydrogens is 234 g/mol. The molecule has 1 aliphatic heterocycles. The van der Waals surface area contributed by atoms with Gasteiger partial charge in [0.2, 0.25) is 0 Å². The molecule has 0 unspecified atom stereocenters. The molecule has 82 valence electrons. The van der Waals surface area contributed by atoms with Crippen molar-refractivity contribution >= 4 is 21.6 Å². The molecule has 0 aliphatic carbocycles. The standard InChI is InChI=1S/C10H12ClNO2S/c11-9-3-5-10(6-4-9)15(13,14)12-7-1-2-8-12/h3-6H,1-2,7-8H2/p+1. The number of rotatable bonds is 2. The first-order valence-corrected chi connectivity index (χ1v) is 6.82. The summed E-state index contributed by atoms with van der Waals surface area (Å²) in [7, 11) is -3.20. The minimum atomic E-state index is -3.20. The number of hydrogen-bond acceptors (Lipinski definition) is 2. The average molecular weight is 247 g/mol. The Morgan fingerprint density at radius 1 is 1.07 bits per heavy atom. The van der Waals surface area contributed by atoms with Gasteiger partial charge in [0.1, 0.15) is 4.90 Å². The molecule has 15 heavy (non-hydrogen) atoms. The maximum atomic E-state index is 12.1. The maximum absolute atomic E-state index is 12.1. The number of hydrogen-bond donors (Lipinski definition) is 1. The highest BCUT2D eigenvalue weighted by atomic mass is 35.5. The zero-order valence-electron chi connectivity index (χ0n) is 8.24.